The minimum absolute atomic E-state index is 0.0883. The van der Waals surface area contributed by atoms with Gasteiger partial charge in [-0.25, -0.2) is 13.2 Å². The van der Waals surface area contributed by atoms with Crippen LogP contribution in [0, 0.1) is 28.8 Å². The summed E-state index contributed by atoms with van der Waals surface area (Å²) in [5.74, 6) is -5.68. The van der Waals surface area contributed by atoms with Gasteiger partial charge in [-0.2, -0.15) is 5.26 Å². The molecular formula is C14H8F3N3O. The van der Waals surface area contributed by atoms with E-state index in [0.29, 0.717) is 6.07 Å². The number of nitrogens with two attached hydrogens (primary N) is 1. The van der Waals surface area contributed by atoms with Crippen molar-refractivity contribution in [3.05, 3.63) is 58.9 Å². The van der Waals surface area contributed by atoms with Gasteiger partial charge in [-0.05, 0) is 30.3 Å². The minimum atomic E-state index is -1.73. The van der Waals surface area contributed by atoms with Crippen molar-refractivity contribution in [2.45, 2.75) is 0 Å². The number of nitrogen functional groups attached to an aromatic ring is 1. The second kappa shape index (κ2) is 5.54. The summed E-state index contributed by atoms with van der Waals surface area (Å²) in [6.07, 6.45) is 0. The number of nitrogens with one attached hydrogen (secondary N) is 1. The van der Waals surface area contributed by atoms with Crippen molar-refractivity contribution >= 4 is 17.3 Å². The number of nitriles is 1. The minimum Gasteiger partial charge on any atom is -0.397 e. The molecule has 0 unspecified atom stereocenters. The molecule has 0 spiro atoms. The van der Waals surface area contributed by atoms with Crippen molar-refractivity contribution < 1.29 is 18.0 Å². The van der Waals surface area contributed by atoms with Gasteiger partial charge in [0, 0.05) is 0 Å². The fraction of sp³-hybridized carbons (Fsp3) is 0. The zero-order chi connectivity index (χ0) is 15.6. The summed E-state index contributed by atoms with van der Waals surface area (Å²) >= 11 is 0. The molecule has 106 valence electrons. The SMILES string of the molecule is N#Cc1ccc(NC(=O)c2ccc(F)c(F)c2F)c(N)c1. The van der Waals surface area contributed by atoms with Crippen molar-refractivity contribution in [2.75, 3.05) is 11.1 Å². The van der Waals surface area contributed by atoms with Crippen LogP contribution in [0.25, 0.3) is 0 Å². The highest BCUT2D eigenvalue weighted by atomic mass is 19.2. The van der Waals surface area contributed by atoms with Crippen LogP contribution in [-0.4, -0.2) is 5.91 Å². The summed E-state index contributed by atoms with van der Waals surface area (Å²) < 4.78 is 39.4. The second-order valence-electron chi connectivity index (χ2n) is 4.09. The van der Waals surface area contributed by atoms with Gasteiger partial charge in [-0.15, -0.1) is 0 Å². The third-order valence-electron chi connectivity index (χ3n) is 2.71. The molecule has 2 aromatic carbocycles. The number of carbonyl (C=O) groups excluding carboxylic acids is 1. The average molecular weight is 291 g/mol. The Hall–Kier alpha value is -3.01. The predicted octanol–water partition coefficient (Wildman–Crippen LogP) is 2.81. The average Bonchev–Trinajstić information content (AvgIpc) is 2.46. The number of hydrogen-bond donors (Lipinski definition) is 2. The lowest BCUT2D eigenvalue weighted by Crippen LogP contribution is -2.16. The largest absolute Gasteiger partial charge is 0.397 e. The van der Waals surface area contributed by atoms with Crippen molar-refractivity contribution in [2.24, 2.45) is 0 Å². The molecule has 0 heterocycles. The molecule has 0 aliphatic carbocycles. The fourth-order valence-corrected chi connectivity index (χ4v) is 1.64. The molecule has 0 bridgehead atoms. The van der Waals surface area contributed by atoms with Gasteiger partial charge in [0.2, 0.25) is 0 Å². The summed E-state index contributed by atoms with van der Waals surface area (Å²) in [6, 6.07) is 7.39. The number of halogens is 3. The number of nitrogens with zero attached hydrogens (tertiary/aromatic N) is 1. The van der Waals surface area contributed by atoms with E-state index in [0.717, 1.165) is 6.07 Å². The van der Waals surface area contributed by atoms with Crippen molar-refractivity contribution in [3.8, 4) is 6.07 Å². The molecule has 21 heavy (non-hydrogen) atoms. The van der Waals surface area contributed by atoms with E-state index < -0.39 is 28.9 Å². The number of carbonyl (C=O) groups is 1. The Balaban J connectivity index is 2.31. The lowest BCUT2D eigenvalue weighted by atomic mass is 10.1. The first kappa shape index (κ1) is 14.4. The molecule has 0 radical (unpaired) electrons. The summed E-state index contributed by atoms with van der Waals surface area (Å²) in [5, 5.41) is 10.9. The summed E-state index contributed by atoms with van der Waals surface area (Å²) in [7, 11) is 0. The predicted molar refractivity (Wildman–Crippen MR) is 69.8 cm³/mol. The molecule has 0 aromatic heterocycles. The highest BCUT2D eigenvalue weighted by Gasteiger charge is 2.19. The maximum Gasteiger partial charge on any atom is 0.258 e. The lowest BCUT2D eigenvalue weighted by Gasteiger charge is -2.09. The zero-order valence-electron chi connectivity index (χ0n) is 10.5. The van der Waals surface area contributed by atoms with Gasteiger partial charge in [0.1, 0.15) is 0 Å². The van der Waals surface area contributed by atoms with Gasteiger partial charge >= 0.3 is 0 Å². The monoisotopic (exact) mass is 291 g/mol. The fourth-order valence-electron chi connectivity index (χ4n) is 1.64. The van der Waals surface area contributed by atoms with Crippen LogP contribution in [0.1, 0.15) is 15.9 Å². The number of anilines is 2. The summed E-state index contributed by atoms with van der Waals surface area (Å²) in [5.41, 5.74) is 5.46. The highest BCUT2D eigenvalue weighted by molar-refractivity contribution is 6.06. The van der Waals surface area contributed by atoms with Crippen molar-refractivity contribution in [1.29, 1.82) is 5.26 Å². The molecule has 4 nitrogen and oxygen atoms in total. The summed E-state index contributed by atoms with van der Waals surface area (Å²) in [4.78, 5) is 11.8. The number of amides is 1. The Morgan fingerprint density at radius 3 is 2.48 bits per heavy atom. The van der Waals surface area contributed by atoms with E-state index in [4.69, 9.17) is 11.0 Å². The topological polar surface area (TPSA) is 78.9 Å². The smallest absolute Gasteiger partial charge is 0.258 e. The molecule has 7 heteroatoms. The molecule has 0 aliphatic rings. The van der Waals surface area contributed by atoms with E-state index in [9.17, 15) is 18.0 Å². The first-order valence-electron chi connectivity index (χ1n) is 5.68. The molecule has 2 rings (SSSR count). The van der Waals surface area contributed by atoms with Gasteiger partial charge in [0.15, 0.2) is 17.5 Å². The highest BCUT2D eigenvalue weighted by Crippen LogP contribution is 2.22. The van der Waals surface area contributed by atoms with Crippen LogP contribution in [0.4, 0.5) is 24.5 Å². The van der Waals surface area contributed by atoms with Crippen LogP contribution >= 0.6 is 0 Å². The second-order valence-corrected chi connectivity index (χ2v) is 4.09. The van der Waals surface area contributed by atoms with Crippen LogP contribution in [-0.2, 0) is 0 Å². The quantitative estimate of drug-likeness (QED) is 0.659. The van der Waals surface area contributed by atoms with Gasteiger partial charge < -0.3 is 11.1 Å². The van der Waals surface area contributed by atoms with E-state index in [1.165, 1.54) is 18.2 Å². The zero-order valence-corrected chi connectivity index (χ0v) is 10.5. The number of benzene rings is 2. The van der Waals surface area contributed by atoms with Crippen molar-refractivity contribution in [3.63, 3.8) is 0 Å². The summed E-state index contributed by atoms with van der Waals surface area (Å²) in [6.45, 7) is 0. The van der Waals surface area contributed by atoms with E-state index in [-0.39, 0.29) is 16.9 Å². The van der Waals surface area contributed by atoms with Crippen LogP contribution < -0.4 is 11.1 Å². The Bertz CT molecular complexity index is 769. The maximum absolute atomic E-state index is 13.5. The van der Waals surface area contributed by atoms with Gasteiger partial charge in [-0.1, -0.05) is 0 Å². The molecule has 0 fully saturated rings. The molecule has 3 N–H and O–H groups in total. The Labute approximate surface area is 117 Å². The van der Waals surface area contributed by atoms with E-state index >= 15 is 0 Å². The molecule has 0 saturated carbocycles. The first-order chi connectivity index (χ1) is 9.93. The van der Waals surface area contributed by atoms with Crippen LogP contribution in [0.5, 0.6) is 0 Å². The third kappa shape index (κ3) is 2.79. The van der Waals surface area contributed by atoms with Crippen LogP contribution in [0.15, 0.2) is 30.3 Å². The molecule has 2 aromatic rings. The molecular weight excluding hydrogens is 283 g/mol. The number of rotatable bonds is 2. The Kier molecular flexibility index (Phi) is 3.80. The van der Waals surface area contributed by atoms with E-state index in [2.05, 4.69) is 5.32 Å². The normalized spacial score (nSPS) is 10.0. The molecule has 0 saturated heterocycles. The van der Waals surface area contributed by atoms with Gasteiger partial charge in [0.05, 0.1) is 28.6 Å². The lowest BCUT2D eigenvalue weighted by molar-refractivity contribution is 0.102. The van der Waals surface area contributed by atoms with E-state index in [1.54, 1.807) is 0 Å². The third-order valence-corrected chi connectivity index (χ3v) is 2.71. The number of hydrogen-bond acceptors (Lipinski definition) is 3. The Morgan fingerprint density at radius 1 is 1.14 bits per heavy atom. The van der Waals surface area contributed by atoms with E-state index in [1.807, 2.05) is 6.07 Å². The van der Waals surface area contributed by atoms with Crippen LogP contribution in [0.3, 0.4) is 0 Å². The van der Waals surface area contributed by atoms with Crippen molar-refractivity contribution in [1.82, 2.24) is 0 Å². The van der Waals surface area contributed by atoms with Gasteiger partial charge in [-0.3, -0.25) is 4.79 Å². The molecule has 1 amide bonds. The maximum atomic E-state index is 13.5. The van der Waals surface area contributed by atoms with Crippen LogP contribution in [0.2, 0.25) is 0 Å². The van der Waals surface area contributed by atoms with Gasteiger partial charge in [0.25, 0.3) is 5.91 Å². The Morgan fingerprint density at radius 2 is 1.86 bits per heavy atom. The first-order valence-corrected chi connectivity index (χ1v) is 5.68. The molecule has 0 atom stereocenters. The molecule has 0 aliphatic heterocycles. The standard InChI is InChI=1S/C14H8F3N3O/c15-9-3-2-8(12(16)13(9)17)14(21)20-11-4-1-7(6-18)5-10(11)19/h1-5H,19H2,(H,20,21).